The van der Waals surface area contributed by atoms with Gasteiger partial charge in [-0.25, -0.2) is 0 Å². The average molecular weight is 463 g/mol. The van der Waals surface area contributed by atoms with Crippen molar-refractivity contribution in [2.75, 3.05) is 7.11 Å². The van der Waals surface area contributed by atoms with Crippen LogP contribution in [0.3, 0.4) is 0 Å². The lowest BCUT2D eigenvalue weighted by molar-refractivity contribution is 0.375. The van der Waals surface area contributed by atoms with Gasteiger partial charge in [0.1, 0.15) is 0 Å². The highest BCUT2D eigenvalue weighted by Crippen LogP contribution is 2.51. The number of nitrogens with zero attached hydrogens (tertiary/aromatic N) is 1. The molecule has 5 nitrogen and oxygen atoms in total. The lowest BCUT2D eigenvalue weighted by atomic mass is 9.77. The van der Waals surface area contributed by atoms with Crippen LogP contribution in [0.2, 0.25) is 0 Å². The molecular formula is C27H30N2O3S. The Morgan fingerprint density at radius 3 is 2.33 bits per heavy atom. The molecule has 0 aliphatic heterocycles. The maximum atomic E-state index is 12.8. The van der Waals surface area contributed by atoms with E-state index in [4.69, 9.17) is 4.74 Å². The lowest BCUT2D eigenvalue weighted by Crippen LogP contribution is -2.26. The number of benzene rings is 3. The van der Waals surface area contributed by atoms with Gasteiger partial charge in [-0.15, -0.1) is 5.10 Å². The van der Waals surface area contributed by atoms with Gasteiger partial charge in [0.05, 0.1) is 17.9 Å². The van der Waals surface area contributed by atoms with E-state index in [0.29, 0.717) is 12.3 Å². The Balaban J connectivity index is 1.74. The lowest BCUT2D eigenvalue weighted by Gasteiger charge is -2.28. The van der Waals surface area contributed by atoms with E-state index < -0.39 is 10.0 Å². The quantitative estimate of drug-likeness (QED) is 0.289. The summed E-state index contributed by atoms with van der Waals surface area (Å²) in [7, 11) is -2.27. The molecule has 0 heterocycles. The first-order chi connectivity index (χ1) is 15.7. The van der Waals surface area contributed by atoms with E-state index in [1.54, 1.807) is 24.3 Å². The molecule has 0 aromatic heterocycles. The van der Waals surface area contributed by atoms with Crippen molar-refractivity contribution in [3.8, 4) is 11.1 Å². The molecule has 172 valence electrons. The molecule has 0 amide bonds. The van der Waals surface area contributed by atoms with Gasteiger partial charge < -0.3 is 4.74 Å². The summed E-state index contributed by atoms with van der Waals surface area (Å²) >= 11 is 0. The van der Waals surface area contributed by atoms with Gasteiger partial charge in [0.2, 0.25) is 5.90 Å². The number of nitrogens with one attached hydrogen (secondary N) is 1. The maximum absolute atomic E-state index is 12.8. The molecule has 1 unspecified atom stereocenters. The van der Waals surface area contributed by atoms with Gasteiger partial charge in [-0.1, -0.05) is 80.9 Å². The minimum atomic E-state index is -3.80. The topological polar surface area (TPSA) is 67.8 Å². The summed E-state index contributed by atoms with van der Waals surface area (Å²) in [6.45, 7) is 8.44. The van der Waals surface area contributed by atoms with Crippen molar-refractivity contribution in [1.29, 1.82) is 0 Å². The molecule has 0 bridgehead atoms. The fourth-order valence-electron chi connectivity index (χ4n) is 4.85. The van der Waals surface area contributed by atoms with Gasteiger partial charge in [-0.3, -0.25) is 0 Å². The number of rotatable bonds is 6. The third-order valence-corrected chi connectivity index (χ3v) is 7.73. The Bertz CT molecular complexity index is 1310. The van der Waals surface area contributed by atoms with Gasteiger partial charge >= 0.3 is 0 Å². The van der Waals surface area contributed by atoms with Crippen molar-refractivity contribution in [3.05, 3.63) is 89.0 Å². The molecule has 1 atom stereocenters. The van der Waals surface area contributed by atoms with Gasteiger partial charge in [0.15, 0.2) is 0 Å². The fourth-order valence-corrected chi connectivity index (χ4v) is 5.66. The predicted molar refractivity (Wildman–Crippen MR) is 133 cm³/mol. The van der Waals surface area contributed by atoms with Crippen molar-refractivity contribution >= 4 is 15.9 Å². The van der Waals surface area contributed by atoms with E-state index >= 15 is 0 Å². The van der Waals surface area contributed by atoms with Gasteiger partial charge in [-0.2, -0.15) is 13.2 Å². The van der Waals surface area contributed by atoms with Gasteiger partial charge in [0.25, 0.3) is 10.0 Å². The third-order valence-electron chi connectivity index (χ3n) is 6.51. The molecule has 0 saturated carbocycles. The Hall–Kier alpha value is -3.12. The highest BCUT2D eigenvalue weighted by Gasteiger charge is 2.39. The van der Waals surface area contributed by atoms with Crippen LogP contribution in [0.15, 0.2) is 76.7 Å². The highest BCUT2D eigenvalue weighted by molar-refractivity contribution is 7.89. The number of fused-ring (bicyclic) bond motifs is 3. The van der Waals surface area contributed by atoms with E-state index in [0.717, 1.165) is 11.1 Å². The van der Waals surface area contributed by atoms with E-state index in [2.05, 4.69) is 73.2 Å². The summed E-state index contributed by atoms with van der Waals surface area (Å²) in [6, 6.07) is 21.5. The summed E-state index contributed by atoms with van der Waals surface area (Å²) < 4.78 is 31.2. The molecule has 4 rings (SSSR count). The number of sulfonamides is 1. The number of methoxy groups -OCH3 is 1. The second kappa shape index (κ2) is 8.67. The zero-order valence-corrected chi connectivity index (χ0v) is 20.5. The predicted octanol–water partition coefficient (Wildman–Crippen LogP) is 5.73. The van der Waals surface area contributed by atoms with Gasteiger partial charge in [-0.05, 0) is 53.3 Å². The molecule has 0 radical (unpaired) electrons. The molecule has 1 aliphatic rings. The first-order valence-corrected chi connectivity index (χ1v) is 12.6. The Kier molecular flexibility index (Phi) is 6.06. The summed E-state index contributed by atoms with van der Waals surface area (Å²) in [5.41, 5.74) is 6.89. The van der Waals surface area contributed by atoms with Crippen molar-refractivity contribution in [2.45, 2.75) is 50.3 Å². The Labute approximate surface area is 196 Å². The molecule has 1 N–H and O–H groups in total. The van der Waals surface area contributed by atoms with Crippen LogP contribution >= 0.6 is 0 Å². The summed E-state index contributed by atoms with van der Waals surface area (Å²) in [5, 5.41) is 4.24. The minimum absolute atomic E-state index is 0.164. The van der Waals surface area contributed by atoms with Crippen molar-refractivity contribution in [1.82, 2.24) is 4.83 Å². The van der Waals surface area contributed by atoms with Crippen molar-refractivity contribution in [2.24, 2.45) is 5.10 Å². The standard InChI is InChI=1S/C27H30N2O3S/c1-6-20(26(32-5)28-29-33(30,31)19-16-14-18(2)15-17-19)22-11-9-12-23-21-10-7-8-13-24(21)27(3,4)25(22)23/h7-17,20,29H,6H2,1-5H3. The second-order valence-electron chi connectivity index (χ2n) is 8.96. The minimum Gasteiger partial charge on any atom is -0.483 e. The van der Waals surface area contributed by atoms with Crippen LogP contribution < -0.4 is 4.83 Å². The van der Waals surface area contributed by atoms with E-state index in [1.807, 2.05) is 6.92 Å². The number of hydrogen-bond donors (Lipinski definition) is 1. The van der Waals surface area contributed by atoms with Crippen LogP contribution in [-0.2, 0) is 20.2 Å². The molecule has 33 heavy (non-hydrogen) atoms. The largest absolute Gasteiger partial charge is 0.483 e. The molecule has 3 aromatic rings. The zero-order valence-electron chi connectivity index (χ0n) is 19.7. The van der Waals surface area contributed by atoms with E-state index in [9.17, 15) is 8.42 Å². The smallest absolute Gasteiger partial charge is 0.276 e. The van der Waals surface area contributed by atoms with Gasteiger partial charge in [0, 0.05) is 5.41 Å². The van der Waals surface area contributed by atoms with Crippen LogP contribution in [0.1, 0.15) is 55.4 Å². The summed E-state index contributed by atoms with van der Waals surface area (Å²) in [6.07, 6.45) is 0.710. The van der Waals surface area contributed by atoms with Crippen molar-refractivity contribution in [3.63, 3.8) is 0 Å². The normalized spacial score (nSPS) is 15.5. The Morgan fingerprint density at radius 2 is 1.67 bits per heavy atom. The van der Waals surface area contributed by atoms with Crippen LogP contribution in [0.5, 0.6) is 0 Å². The van der Waals surface area contributed by atoms with E-state index in [-0.39, 0.29) is 16.2 Å². The SMILES string of the molecule is CCC(C(=NNS(=O)(=O)c1ccc(C)cc1)OC)c1cccc2c1C(C)(C)c1ccccc1-2. The fraction of sp³-hybridized carbons (Fsp3) is 0.296. The number of aryl methyl sites for hydroxylation is 1. The average Bonchev–Trinajstić information content (AvgIpc) is 3.04. The molecule has 1 aliphatic carbocycles. The monoisotopic (exact) mass is 462 g/mol. The Morgan fingerprint density at radius 1 is 1.00 bits per heavy atom. The number of hydrogen-bond acceptors (Lipinski definition) is 4. The second-order valence-corrected chi connectivity index (χ2v) is 10.6. The zero-order chi connectivity index (χ0) is 23.8. The van der Waals surface area contributed by atoms with Crippen molar-refractivity contribution < 1.29 is 13.2 Å². The first-order valence-electron chi connectivity index (χ1n) is 11.1. The number of ether oxygens (including phenoxy) is 1. The molecule has 0 spiro atoms. The van der Waals surface area contributed by atoms with Crippen LogP contribution in [0, 0.1) is 6.92 Å². The third kappa shape index (κ3) is 4.04. The maximum Gasteiger partial charge on any atom is 0.276 e. The first kappa shape index (κ1) is 23.1. The summed E-state index contributed by atoms with van der Waals surface area (Å²) in [5.74, 6) is 0.146. The number of hydrazone groups is 1. The molecular weight excluding hydrogens is 432 g/mol. The molecule has 3 aromatic carbocycles. The molecule has 0 fully saturated rings. The molecule has 6 heteroatoms. The molecule has 0 saturated heterocycles. The van der Waals surface area contributed by atoms with Crippen LogP contribution in [-0.4, -0.2) is 21.4 Å². The highest BCUT2D eigenvalue weighted by atomic mass is 32.2. The van der Waals surface area contributed by atoms with Crippen LogP contribution in [0.25, 0.3) is 11.1 Å². The summed E-state index contributed by atoms with van der Waals surface area (Å²) in [4.78, 5) is 2.54. The van der Waals surface area contributed by atoms with Crippen LogP contribution in [0.4, 0.5) is 0 Å². The van der Waals surface area contributed by atoms with E-state index in [1.165, 1.54) is 29.4 Å².